The molecule has 5 nitrogen and oxygen atoms in total. The standard InChI is InChI=1S/C13H16ClN5/c1-8(2)11-12(16-7-17-13(11)19-15)18-10-5-3-9(14)4-6-10/h3-8H,15H2,1-2H3,(H2,16,17,18,19). The minimum absolute atomic E-state index is 0.238. The summed E-state index contributed by atoms with van der Waals surface area (Å²) in [6.45, 7) is 4.12. The fourth-order valence-electron chi connectivity index (χ4n) is 1.83. The van der Waals surface area contributed by atoms with Gasteiger partial charge >= 0.3 is 0 Å². The molecule has 0 radical (unpaired) electrons. The van der Waals surface area contributed by atoms with Crippen LogP contribution in [-0.2, 0) is 0 Å². The Labute approximate surface area is 117 Å². The molecule has 0 spiro atoms. The van der Waals surface area contributed by atoms with Crippen molar-refractivity contribution in [1.29, 1.82) is 0 Å². The van der Waals surface area contributed by atoms with E-state index in [1.165, 1.54) is 6.33 Å². The Morgan fingerprint density at radius 1 is 1.11 bits per heavy atom. The van der Waals surface area contributed by atoms with Gasteiger partial charge in [-0.3, -0.25) is 0 Å². The highest BCUT2D eigenvalue weighted by Gasteiger charge is 2.14. The zero-order chi connectivity index (χ0) is 13.8. The van der Waals surface area contributed by atoms with Crippen LogP contribution >= 0.6 is 11.6 Å². The molecule has 0 saturated heterocycles. The summed E-state index contributed by atoms with van der Waals surface area (Å²) in [4.78, 5) is 8.40. The number of hydrogen-bond acceptors (Lipinski definition) is 5. The molecular weight excluding hydrogens is 262 g/mol. The summed E-state index contributed by atoms with van der Waals surface area (Å²) in [5, 5.41) is 3.95. The molecule has 19 heavy (non-hydrogen) atoms. The Bertz CT molecular complexity index is 553. The van der Waals surface area contributed by atoms with Gasteiger partial charge in [0.15, 0.2) is 0 Å². The van der Waals surface area contributed by atoms with Crippen LogP contribution in [0, 0.1) is 0 Å². The number of rotatable bonds is 4. The molecule has 0 aliphatic carbocycles. The largest absolute Gasteiger partial charge is 0.340 e. The van der Waals surface area contributed by atoms with Crippen molar-refractivity contribution in [2.24, 2.45) is 5.84 Å². The monoisotopic (exact) mass is 277 g/mol. The molecule has 0 atom stereocenters. The van der Waals surface area contributed by atoms with E-state index in [0.29, 0.717) is 10.8 Å². The van der Waals surface area contributed by atoms with Crippen LogP contribution in [0.5, 0.6) is 0 Å². The summed E-state index contributed by atoms with van der Waals surface area (Å²) >= 11 is 5.86. The lowest BCUT2D eigenvalue weighted by molar-refractivity contribution is 0.850. The lowest BCUT2D eigenvalue weighted by Crippen LogP contribution is -2.14. The van der Waals surface area contributed by atoms with Gasteiger partial charge in [0.05, 0.1) is 0 Å². The molecule has 0 unspecified atom stereocenters. The number of hydrazine groups is 1. The molecule has 0 aliphatic heterocycles. The third-order valence-corrected chi connectivity index (χ3v) is 2.96. The third-order valence-electron chi connectivity index (χ3n) is 2.70. The molecule has 1 aromatic carbocycles. The van der Waals surface area contributed by atoms with Crippen LogP contribution in [0.2, 0.25) is 5.02 Å². The molecular formula is C13H16ClN5. The minimum atomic E-state index is 0.238. The fraction of sp³-hybridized carbons (Fsp3) is 0.231. The normalized spacial score (nSPS) is 10.6. The lowest BCUT2D eigenvalue weighted by atomic mass is 10.0. The number of halogens is 1. The van der Waals surface area contributed by atoms with Gasteiger partial charge < -0.3 is 10.7 Å². The predicted molar refractivity (Wildman–Crippen MR) is 78.7 cm³/mol. The number of benzene rings is 1. The quantitative estimate of drug-likeness (QED) is 0.591. The average Bonchev–Trinajstić information content (AvgIpc) is 2.40. The van der Waals surface area contributed by atoms with Crippen molar-refractivity contribution >= 4 is 28.9 Å². The Morgan fingerprint density at radius 2 is 1.74 bits per heavy atom. The molecule has 0 bridgehead atoms. The van der Waals surface area contributed by atoms with Gasteiger partial charge in [-0.2, -0.15) is 0 Å². The van der Waals surface area contributed by atoms with Crippen molar-refractivity contribution in [3.63, 3.8) is 0 Å². The second-order valence-corrected chi connectivity index (χ2v) is 4.85. The zero-order valence-electron chi connectivity index (χ0n) is 10.8. The van der Waals surface area contributed by atoms with E-state index >= 15 is 0 Å². The van der Waals surface area contributed by atoms with Gasteiger partial charge in [-0.15, -0.1) is 0 Å². The second kappa shape index (κ2) is 5.86. The van der Waals surface area contributed by atoms with E-state index in [4.69, 9.17) is 17.4 Å². The van der Waals surface area contributed by atoms with Crippen LogP contribution in [0.15, 0.2) is 30.6 Å². The minimum Gasteiger partial charge on any atom is -0.340 e. The van der Waals surface area contributed by atoms with Gasteiger partial charge in [0.1, 0.15) is 18.0 Å². The van der Waals surface area contributed by atoms with Crippen molar-refractivity contribution in [2.75, 3.05) is 10.7 Å². The molecule has 0 amide bonds. The Morgan fingerprint density at radius 3 is 2.32 bits per heavy atom. The molecule has 2 aromatic rings. The Balaban J connectivity index is 2.36. The molecule has 4 N–H and O–H groups in total. The molecule has 2 rings (SSSR count). The van der Waals surface area contributed by atoms with Gasteiger partial charge in [-0.25, -0.2) is 15.8 Å². The number of nitrogen functional groups attached to an aromatic ring is 1. The van der Waals surface area contributed by atoms with E-state index in [0.717, 1.165) is 17.1 Å². The molecule has 1 aromatic heterocycles. The maximum absolute atomic E-state index is 5.86. The Hall–Kier alpha value is -1.85. The van der Waals surface area contributed by atoms with E-state index < -0.39 is 0 Å². The van der Waals surface area contributed by atoms with Crippen LogP contribution in [0.3, 0.4) is 0 Å². The smallest absolute Gasteiger partial charge is 0.148 e. The second-order valence-electron chi connectivity index (χ2n) is 4.42. The van der Waals surface area contributed by atoms with Gasteiger partial charge in [-0.05, 0) is 30.2 Å². The van der Waals surface area contributed by atoms with Crippen LogP contribution in [0.25, 0.3) is 0 Å². The van der Waals surface area contributed by atoms with E-state index in [1.807, 2.05) is 24.3 Å². The summed E-state index contributed by atoms with van der Waals surface area (Å²) < 4.78 is 0. The predicted octanol–water partition coefficient (Wildman–Crippen LogP) is 3.28. The van der Waals surface area contributed by atoms with Gasteiger partial charge in [0.2, 0.25) is 0 Å². The highest BCUT2D eigenvalue weighted by atomic mass is 35.5. The van der Waals surface area contributed by atoms with Gasteiger partial charge in [0, 0.05) is 16.3 Å². The van der Waals surface area contributed by atoms with Crippen molar-refractivity contribution in [3.05, 3.63) is 41.2 Å². The lowest BCUT2D eigenvalue weighted by Gasteiger charge is -2.16. The zero-order valence-corrected chi connectivity index (χ0v) is 11.6. The van der Waals surface area contributed by atoms with E-state index in [-0.39, 0.29) is 5.92 Å². The highest BCUT2D eigenvalue weighted by Crippen LogP contribution is 2.30. The molecule has 0 saturated carbocycles. The molecule has 100 valence electrons. The molecule has 1 heterocycles. The maximum Gasteiger partial charge on any atom is 0.148 e. The van der Waals surface area contributed by atoms with Crippen molar-refractivity contribution in [2.45, 2.75) is 19.8 Å². The number of nitrogens with two attached hydrogens (primary N) is 1. The summed E-state index contributed by atoms with van der Waals surface area (Å²) in [6.07, 6.45) is 1.47. The first kappa shape index (κ1) is 13.6. The van der Waals surface area contributed by atoms with Crippen molar-refractivity contribution in [3.8, 4) is 0 Å². The van der Waals surface area contributed by atoms with Crippen LogP contribution < -0.4 is 16.6 Å². The first-order chi connectivity index (χ1) is 9.11. The summed E-state index contributed by atoms with van der Waals surface area (Å²) in [5.41, 5.74) is 4.45. The fourth-order valence-corrected chi connectivity index (χ4v) is 1.95. The molecule has 6 heteroatoms. The number of hydrogen-bond donors (Lipinski definition) is 3. The van der Waals surface area contributed by atoms with E-state index in [2.05, 4.69) is 34.6 Å². The third kappa shape index (κ3) is 3.13. The SMILES string of the molecule is CC(C)c1c(NN)ncnc1Nc1ccc(Cl)cc1. The van der Waals surface area contributed by atoms with Crippen LogP contribution in [0.4, 0.5) is 17.3 Å². The van der Waals surface area contributed by atoms with Gasteiger partial charge in [-0.1, -0.05) is 25.4 Å². The molecule has 0 fully saturated rings. The first-order valence-electron chi connectivity index (χ1n) is 5.96. The summed E-state index contributed by atoms with van der Waals surface area (Å²) in [7, 11) is 0. The van der Waals surface area contributed by atoms with Crippen molar-refractivity contribution < 1.29 is 0 Å². The number of anilines is 3. The Kier molecular flexibility index (Phi) is 4.19. The highest BCUT2D eigenvalue weighted by molar-refractivity contribution is 6.30. The van der Waals surface area contributed by atoms with Crippen molar-refractivity contribution in [1.82, 2.24) is 9.97 Å². The summed E-state index contributed by atoms with van der Waals surface area (Å²) in [6, 6.07) is 7.43. The van der Waals surface area contributed by atoms with Crippen LogP contribution in [-0.4, -0.2) is 9.97 Å². The number of aromatic nitrogens is 2. The van der Waals surface area contributed by atoms with E-state index in [1.54, 1.807) is 0 Å². The maximum atomic E-state index is 5.86. The summed E-state index contributed by atoms with van der Waals surface area (Å²) in [5.74, 6) is 7.09. The topological polar surface area (TPSA) is 75.9 Å². The molecule has 0 aliphatic rings. The number of nitrogens with zero attached hydrogens (tertiary/aromatic N) is 2. The number of nitrogens with one attached hydrogen (secondary N) is 2. The van der Waals surface area contributed by atoms with Crippen LogP contribution in [0.1, 0.15) is 25.3 Å². The first-order valence-corrected chi connectivity index (χ1v) is 6.33. The van der Waals surface area contributed by atoms with Gasteiger partial charge in [0.25, 0.3) is 0 Å². The average molecular weight is 278 g/mol. The van der Waals surface area contributed by atoms with E-state index in [9.17, 15) is 0 Å².